The summed E-state index contributed by atoms with van der Waals surface area (Å²) in [6.07, 6.45) is 2.17. The van der Waals surface area contributed by atoms with E-state index in [9.17, 15) is 5.26 Å². The third-order valence-corrected chi connectivity index (χ3v) is 4.94. The van der Waals surface area contributed by atoms with Crippen molar-refractivity contribution in [2.24, 2.45) is 5.73 Å². The van der Waals surface area contributed by atoms with Crippen molar-refractivity contribution in [2.45, 2.75) is 36.8 Å². The van der Waals surface area contributed by atoms with Crippen LogP contribution < -0.4 is 10.6 Å². The van der Waals surface area contributed by atoms with Gasteiger partial charge in [0.15, 0.2) is 0 Å². The number of nitriles is 1. The molecular weight excluding hydrogens is 282 g/mol. The molecule has 21 heavy (non-hydrogen) atoms. The minimum Gasteiger partial charge on any atom is -0.381 e. The molecule has 1 aromatic carbocycles. The Bertz CT molecular complexity index is 515. The Morgan fingerprint density at radius 1 is 1.52 bits per heavy atom. The molecule has 1 aliphatic rings. The molecule has 0 radical (unpaired) electrons. The van der Waals surface area contributed by atoms with Crippen molar-refractivity contribution >= 4 is 17.4 Å². The molecular formula is C16H23N3OS. The summed E-state index contributed by atoms with van der Waals surface area (Å²) in [6, 6.07) is 8.71. The molecule has 114 valence electrons. The number of ether oxygens (including phenoxy) is 1. The number of benzene rings is 1. The molecule has 1 heterocycles. The van der Waals surface area contributed by atoms with Gasteiger partial charge in [0.25, 0.3) is 0 Å². The van der Waals surface area contributed by atoms with Gasteiger partial charge >= 0.3 is 0 Å². The average molecular weight is 305 g/mol. The zero-order chi connectivity index (χ0) is 15.2. The van der Waals surface area contributed by atoms with Gasteiger partial charge in [0.2, 0.25) is 0 Å². The summed E-state index contributed by atoms with van der Waals surface area (Å²) in [5.41, 5.74) is 7.74. The molecule has 2 unspecified atom stereocenters. The van der Waals surface area contributed by atoms with Crippen LogP contribution in [0, 0.1) is 11.3 Å². The molecule has 5 heteroatoms. The molecule has 0 amide bonds. The predicted octanol–water partition coefficient (Wildman–Crippen LogP) is 2.61. The third kappa shape index (κ3) is 3.52. The van der Waals surface area contributed by atoms with Crippen LogP contribution in [0.25, 0.3) is 0 Å². The number of piperidine rings is 1. The first-order valence-corrected chi connectivity index (χ1v) is 8.39. The van der Waals surface area contributed by atoms with Crippen LogP contribution in [-0.2, 0) is 4.74 Å². The van der Waals surface area contributed by atoms with E-state index in [0.29, 0.717) is 6.54 Å². The summed E-state index contributed by atoms with van der Waals surface area (Å²) in [6.45, 7) is 3.57. The van der Waals surface area contributed by atoms with Crippen LogP contribution in [0.3, 0.4) is 0 Å². The molecule has 0 bridgehead atoms. The highest BCUT2D eigenvalue weighted by atomic mass is 32.2. The SMILES string of the molecule is CCSc1cccc(N2CCC(OC)CC2CN)c1C#N. The average Bonchev–Trinajstić information content (AvgIpc) is 2.54. The van der Waals surface area contributed by atoms with E-state index in [-0.39, 0.29) is 12.1 Å². The number of hydrogen-bond donors (Lipinski definition) is 1. The van der Waals surface area contributed by atoms with E-state index in [2.05, 4.69) is 17.9 Å². The molecule has 0 aliphatic carbocycles. The summed E-state index contributed by atoms with van der Waals surface area (Å²) in [7, 11) is 1.76. The van der Waals surface area contributed by atoms with Crippen LogP contribution in [0.1, 0.15) is 25.3 Å². The second-order valence-corrected chi connectivity index (χ2v) is 6.47. The van der Waals surface area contributed by atoms with Crippen LogP contribution in [0.5, 0.6) is 0 Å². The smallest absolute Gasteiger partial charge is 0.103 e. The van der Waals surface area contributed by atoms with Gasteiger partial charge in [-0.2, -0.15) is 5.26 Å². The fourth-order valence-corrected chi connectivity index (χ4v) is 3.70. The molecule has 2 N–H and O–H groups in total. The minimum atomic E-state index is 0.234. The van der Waals surface area contributed by atoms with E-state index in [4.69, 9.17) is 10.5 Å². The minimum absolute atomic E-state index is 0.234. The molecule has 0 saturated carbocycles. The van der Waals surface area contributed by atoms with Gasteiger partial charge in [-0.1, -0.05) is 13.0 Å². The summed E-state index contributed by atoms with van der Waals surface area (Å²) < 4.78 is 5.47. The summed E-state index contributed by atoms with van der Waals surface area (Å²) in [5.74, 6) is 0.962. The molecule has 1 aliphatic heterocycles. The second-order valence-electron chi connectivity index (χ2n) is 5.16. The lowest BCUT2D eigenvalue weighted by molar-refractivity contribution is 0.0709. The number of nitrogens with two attached hydrogens (primary N) is 1. The standard InChI is InChI=1S/C16H23N3OS/c1-3-21-16-6-4-5-15(14(16)11-18)19-8-7-13(20-2)9-12(19)10-17/h4-6,12-13H,3,7-10,17H2,1-2H3. The maximum atomic E-state index is 9.57. The van der Waals surface area contributed by atoms with Crippen LogP contribution in [-0.4, -0.2) is 38.1 Å². The lowest BCUT2D eigenvalue weighted by Gasteiger charge is -2.40. The first-order valence-electron chi connectivity index (χ1n) is 7.40. The van der Waals surface area contributed by atoms with Crippen molar-refractivity contribution in [2.75, 3.05) is 30.9 Å². The van der Waals surface area contributed by atoms with Crippen LogP contribution >= 0.6 is 11.8 Å². The molecule has 2 rings (SSSR count). The quantitative estimate of drug-likeness (QED) is 0.847. The van der Waals surface area contributed by atoms with Gasteiger partial charge in [-0.15, -0.1) is 11.8 Å². The maximum absolute atomic E-state index is 9.57. The van der Waals surface area contributed by atoms with Crippen LogP contribution in [0.15, 0.2) is 23.1 Å². The predicted molar refractivity (Wildman–Crippen MR) is 87.8 cm³/mol. The van der Waals surface area contributed by atoms with Gasteiger partial charge in [-0.05, 0) is 30.7 Å². The molecule has 1 aromatic rings. The molecule has 1 fully saturated rings. The first-order chi connectivity index (χ1) is 10.2. The highest BCUT2D eigenvalue weighted by Crippen LogP contribution is 2.33. The number of thioether (sulfide) groups is 1. The third-order valence-electron chi connectivity index (χ3n) is 4.00. The highest BCUT2D eigenvalue weighted by molar-refractivity contribution is 7.99. The first kappa shape index (κ1) is 16.2. The molecule has 4 nitrogen and oxygen atoms in total. The van der Waals surface area contributed by atoms with E-state index in [1.807, 2.05) is 18.2 Å². The van der Waals surface area contributed by atoms with Crippen molar-refractivity contribution in [3.63, 3.8) is 0 Å². The lowest BCUT2D eigenvalue weighted by Crippen LogP contribution is -2.49. The molecule has 1 saturated heterocycles. The van der Waals surface area contributed by atoms with E-state index in [0.717, 1.165) is 41.3 Å². The largest absolute Gasteiger partial charge is 0.381 e. The Hall–Kier alpha value is -1.22. The molecule has 0 aromatic heterocycles. The number of methoxy groups -OCH3 is 1. The fourth-order valence-electron chi connectivity index (χ4n) is 2.92. The topological polar surface area (TPSA) is 62.3 Å². The summed E-state index contributed by atoms with van der Waals surface area (Å²) >= 11 is 1.71. The maximum Gasteiger partial charge on any atom is 0.103 e. The monoisotopic (exact) mass is 305 g/mol. The zero-order valence-corrected chi connectivity index (χ0v) is 13.5. The Labute approximate surface area is 131 Å². The van der Waals surface area contributed by atoms with Gasteiger partial charge in [0.1, 0.15) is 6.07 Å². The van der Waals surface area contributed by atoms with Crippen molar-refractivity contribution in [1.82, 2.24) is 0 Å². The van der Waals surface area contributed by atoms with Crippen molar-refractivity contribution < 1.29 is 4.74 Å². The van der Waals surface area contributed by atoms with Gasteiger partial charge in [-0.25, -0.2) is 0 Å². The van der Waals surface area contributed by atoms with Crippen LogP contribution in [0.4, 0.5) is 5.69 Å². The summed E-state index contributed by atoms with van der Waals surface area (Å²) in [5, 5.41) is 9.57. The van der Waals surface area contributed by atoms with E-state index in [1.54, 1.807) is 18.9 Å². The van der Waals surface area contributed by atoms with Gasteiger partial charge in [0.05, 0.1) is 17.4 Å². The lowest BCUT2D eigenvalue weighted by atomic mass is 9.97. The van der Waals surface area contributed by atoms with Crippen molar-refractivity contribution in [1.29, 1.82) is 5.26 Å². The number of hydrogen-bond acceptors (Lipinski definition) is 5. The normalized spacial score (nSPS) is 22.1. The van der Waals surface area contributed by atoms with Gasteiger partial charge in [0, 0.05) is 31.1 Å². The van der Waals surface area contributed by atoms with E-state index >= 15 is 0 Å². The van der Waals surface area contributed by atoms with E-state index in [1.165, 1.54) is 0 Å². The number of anilines is 1. The van der Waals surface area contributed by atoms with E-state index < -0.39 is 0 Å². The Morgan fingerprint density at radius 3 is 2.95 bits per heavy atom. The molecule has 0 spiro atoms. The van der Waals surface area contributed by atoms with Gasteiger partial charge in [-0.3, -0.25) is 0 Å². The van der Waals surface area contributed by atoms with Crippen LogP contribution in [0.2, 0.25) is 0 Å². The van der Waals surface area contributed by atoms with Crippen molar-refractivity contribution in [3.8, 4) is 6.07 Å². The van der Waals surface area contributed by atoms with Crippen molar-refractivity contribution in [3.05, 3.63) is 23.8 Å². The zero-order valence-electron chi connectivity index (χ0n) is 12.7. The number of rotatable bonds is 5. The Kier molecular flexibility index (Phi) is 5.92. The Balaban J connectivity index is 2.32. The number of nitrogens with zero attached hydrogens (tertiary/aromatic N) is 2. The highest BCUT2D eigenvalue weighted by Gasteiger charge is 2.29. The second kappa shape index (κ2) is 7.69. The Morgan fingerprint density at radius 2 is 2.33 bits per heavy atom. The molecule has 2 atom stereocenters. The fraction of sp³-hybridized carbons (Fsp3) is 0.562. The summed E-state index contributed by atoms with van der Waals surface area (Å²) in [4.78, 5) is 3.34. The van der Waals surface area contributed by atoms with Gasteiger partial charge < -0.3 is 15.4 Å².